The highest BCUT2D eigenvalue weighted by molar-refractivity contribution is 5.93. The molecule has 0 saturated carbocycles. The van der Waals surface area contributed by atoms with Crippen molar-refractivity contribution in [2.75, 3.05) is 39.4 Å². The average molecular weight is 389 g/mol. The molecule has 2 amide bonds. The molecule has 2 aliphatic heterocycles. The summed E-state index contributed by atoms with van der Waals surface area (Å²) in [6.45, 7) is 8.12. The largest absolute Gasteiger partial charge is 0.381 e. The van der Waals surface area contributed by atoms with Gasteiger partial charge in [0.2, 0.25) is 5.91 Å². The quantitative estimate of drug-likeness (QED) is 0.801. The summed E-state index contributed by atoms with van der Waals surface area (Å²) in [6.07, 6.45) is 5.76. The number of aromatic nitrogens is 1. The number of likely N-dealkylation sites (tertiary alicyclic amines) is 1. The van der Waals surface area contributed by atoms with E-state index >= 15 is 0 Å². The number of hydrogen-bond donors (Lipinski definition) is 1. The van der Waals surface area contributed by atoms with Crippen LogP contribution in [0.3, 0.4) is 0 Å². The lowest BCUT2D eigenvalue weighted by Crippen LogP contribution is -2.55. The average Bonchev–Trinajstić information content (AvgIpc) is 2.72. The first-order valence-corrected chi connectivity index (χ1v) is 10.3. The van der Waals surface area contributed by atoms with Crippen molar-refractivity contribution >= 4 is 11.8 Å². The summed E-state index contributed by atoms with van der Waals surface area (Å²) in [6, 6.07) is 4.45. The molecular formula is C21H32N4O3. The standard InChI is InChI=1S/C21H32N4O3/c1-16-5-6-18(14-23-16)21(27)22-9-11-25(19-7-12-28-13-8-19)20-4-3-10-24(15-20)17(2)26/h5-6,14,19-20H,3-4,7-13,15H2,1-2H3,(H,22,27). The first-order chi connectivity index (χ1) is 13.5. The predicted octanol–water partition coefficient (Wildman–Crippen LogP) is 1.61. The van der Waals surface area contributed by atoms with E-state index in [1.54, 1.807) is 19.2 Å². The van der Waals surface area contributed by atoms with E-state index in [0.717, 1.165) is 64.2 Å². The highest BCUT2D eigenvalue weighted by atomic mass is 16.5. The molecule has 7 heteroatoms. The number of nitrogens with zero attached hydrogens (tertiary/aromatic N) is 3. The number of piperidine rings is 1. The van der Waals surface area contributed by atoms with Crippen molar-refractivity contribution in [1.29, 1.82) is 0 Å². The van der Waals surface area contributed by atoms with Crippen molar-refractivity contribution in [3.05, 3.63) is 29.6 Å². The Labute approximate surface area is 167 Å². The normalized spacial score (nSPS) is 21.0. The van der Waals surface area contributed by atoms with Crippen LogP contribution < -0.4 is 5.32 Å². The number of nitrogens with one attached hydrogen (secondary N) is 1. The summed E-state index contributed by atoms with van der Waals surface area (Å²) in [4.78, 5) is 32.9. The third-order valence-corrected chi connectivity index (χ3v) is 5.80. The molecular weight excluding hydrogens is 356 g/mol. The molecule has 7 nitrogen and oxygen atoms in total. The van der Waals surface area contributed by atoms with Crippen LogP contribution in [0.25, 0.3) is 0 Å². The van der Waals surface area contributed by atoms with Gasteiger partial charge >= 0.3 is 0 Å². The van der Waals surface area contributed by atoms with Crippen molar-refractivity contribution in [1.82, 2.24) is 20.1 Å². The van der Waals surface area contributed by atoms with Gasteiger partial charge in [-0.3, -0.25) is 19.5 Å². The fourth-order valence-electron chi connectivity index (χ4n) is 4.19. The Bertz CT molecular complexity index is 658. The fourth-order valence-corrected chi connectivity index (χ4v) is 4.19. The molecule has 2 fully saturated rings. The number of carbonyl (C=O) groups excluding carboxylic acids is 2. The maximum atomic E-state index is 12.4. The second kappa shape index (κ2) is 9.98. The maximum absolute atomic E-state index is 12.4. The molecule has 0 aromatic carbocycles. The van der Waals surface area contributed by atoms with Gasteiger partial charge in [0.1, 0.15) is 0 Å². The molecule has 2 saturated heterocycles. The van der Waals surface area contributed by atoms with Crippen LogP contribution in [-0.4, -0.2) is 78.1 Å². The van der Waals surface area contributed by atoms with Gasteiger partial charge in [-0.1, -0.05) is 0 Å². The summed E-state index contributed by atoms with van der Waals surface area (Å²) in [5.74, 6) is 0.0604. The van der Waals surface area contributed by atoms with E-state index in [-0.39, 0.29) is 11.8 Å². The van der Waals surface area contributed by atoms with Gasteiger partial charge in [0.05, 0.1) is 5.56 Å². The Morgan fingerprint density at radius 1 is 1.25 bits per heavy atom. The van der Waals surface area contributed by atoms with E-state index in [9.17, 15) is 9.59 Å². The smallest absolute Gasteiger partial charge is 0.252 e. The monoisotopic (exact) mass is 388 g/mol. The molecule has 0 aliphatic carbocycles. The molecule has 1 N–H and O–H groups in total. The van der Waals surface area contributed by atoms with Crippen LogP contribution in [0.1, 0.15) is 48.7 Å². The van der Waals surface area contributed by atoms with Crippen LogP contribution in [0, 0.1) is 6.92 Å². The maximum Gasteiger partial charge on any atom is 0.252 e. The molecule has 1 unspecified atom stereocenters. The van der Waals surface area contributed by atoms with Crippen LogP contribution in [0.15, 0.2) is 18.3 Å². The molecule has 0 radical (unpaired) electrons. The van der Waals surface area contributed by atoms with Gasteiger partial charge in [-0.2, -0.15) is 0 Å². The summed E-state index contributed by atoms with van der Waals surface area (Å²) >= 11 is 0. The zero-order chi connectivity index (χ0) is 19.9. The minimum atomic E-state index is -0.0894. The fraction of sp³-hybridized carbons (Fsp3) is 0.667. The van der Waals surface area contributed by atoms with Crippen LogP contribution in [-0.2, 0) is 9.53 Å². The van der Waals surface area contributed by atoms with Gasteiger partial charge in [0.25, 0.3) is 5.91 Å². The molecule has 2 aliphatic rings. The van der Waals surface area contributed by atoms with Crippen molar-refractivity contribution < 1.29 is 14.3 Å². The number of rotatable bonds is 6. The van der Waals surface area contributed by atoms with E-state index < -0.39 is 0 Å². The van der Waals surface area contributed by atoms with Gasteiger partial charge in [-0.25, -0.2) is 0 Å². The number of amides is 2. The number of pyridine rings is 1. The minimum Gasteiger partial charge on any atom is -0.381 e. The minimum absolute atomic E-state index is 0.0894. The Kier molecular flexibility index (Phi) is 7.39. The summed E-state index contributed by atoms with van der Waals surface area (Å²) in [5, 5.41) is 3.03. The molecule has 154 valence electrons. The Morgan fingerprint density at radius 3 is 2.71 bits per heavy atom. The summed E-state index contributed by atoms with van der Waals surface area (Å²) < 4.78 is 5.54. The van der Waals surface area contributed by atoms with Crippen LogP contribution in [0.5, 0.6) is 0 Å². The number of aryl methyl sites for hydroxylation is 1. The lowest BCUT2D eigenvalue weighted by Gasteiger charge is -2.44. The Morgan fingerprint density at radius 2 is 2.04 bits per heavy atom. The van der Waals surface area contributed by atoms with Crippen molar-refractivity contribution in [2.45, 2.75) is 51.6 Å². The molecule has 28 heavy (non-hydrogen) atoms. The number of hydrogen-bond acceptors (Lipinski definition) is 5. The predicted molar refractivity (Wildman–Crippen MR) is 107 cm³/mol. The zero-order valence-corrected chi connectivity index (χ0v) is 17.0. The Hall–Kier alpha value is -1.99. The number of carbonyl (C=O) groups is 2. The lowest BCUT2D eigenvalue weighted by atomic mass is 9.98. The van der Waals surface area contributed by atoms with Crippen LogP contribution >= 0.6 is 0 Å². The van der Waals surface area contributed by atoms with E-state index in [2.05, 4.69) is 15.2 Å². The first-order valence-electron chi connectivity index (χ1n) is 10.3. The summed E-state index contributed by atoms with van der Waals surface area (Å²) in [7, 11) is 0. The Balaban J connectivity index is 1.59. The highest BCUT2D eigenvalue weighted by Gasteiger charge is 2.31. The second-order valence-electron chi connectivity index (χ2n) is 7.79. The second-order valence-corrected chi connectivity index (χ2v) is 7.79. The SMILES string of the molecule is CC(=O)N1CCCC(N(CCNC(=O)c2ccc(C)nc2)C2CCOCC2)C1. The van der Waals surface area contributed by atoms with Crippen molar-refractivity contribution in [2.24, 2.45) is 0 Å². The molecule has 0 bridgehead atoms. The van der Waals surface area contributed by atoms with Crippen LogP contribution in [0.4, 0.5) is 0 Å². The van der Waals surface area contributed by atoms with Gasteiger partial charge in [0, 0.05) is 70.3 Å². The van der Waals surface area contributed by atoms with Crippen molar-refractivity contribution in [3.63, 3.8) is 0 Å². The topological polar surface area (TPSA) is 74.8 Å². The zero-order valence-electron chi connectivity index (χ0n) is 17.0. The number of ether oxygens (including phenoxy) is 1. The lowest BCUT2D eigenvalue weighted by molar-refractivity contribution is -0.131. The molecule has 1 aromatic heterocycles. The van der Waals surface area contributed by atoms with Gasteiger partial charge in [-0.05, 0) is 44.7 Å². The highest BCUT2D eigenvalue weighted by Crippen LogP contribution is 2.23. The van der Waals surface area contributed by atoms with Crippen LogP contribution in [0.2, 0.25) is 0 Å². The van der Waals surface area contributed by atoms with E-state index in [0.29, 0.717) is 24.2 Å². The molecule has 1 atom stereocenters. The molecule has 3 heterocycles. The molecule has 0 spiro atoms. The third kappa shape index (κ3) is 5.52. The molecule has 1 aromatic rings. The van der Waals surface area contributed by atoms with E-state index in [1.165, 1.54) is 0 Å². The van der Waals surface area contributed by atoms with E-state index in [1.807, 2.05) is 17.9 Å². The van der Waals surface area contributed by atoms with Gasteiger partial charge in [0.15, 0.2) is 0 Å². The van der Waals surface area contributed by atoms with Crippen molar-refractivity contribution in [3.8, 4) is 0 Å². The first kappa shape index (κ1) is 20.7. The summed E-state index contributed by atoms with van der Waals surface area (Å²) in [5.41, 5.74) is 1.48. The third-order valence-electron chi connectivity index (χ3n) is 5.80. The molecule has 3 rings (SSSR count). The van der Waals surface area contributed by atoms with Gasteiger partial charge in [-0.15, -0.1) is 0 Å². The van der Waals surface area contributed by atoms with E-state index in [4.69, 9.17) is 4.74 Å². The van der Waals surface area contributed by atoms with Gasteiger partial charge < -0.3 is 15.0 Å².